The number of carbonyl (C=O) groups excluding carboxylic acids is 2. The third-order valence-corrected chi connectivity index (χ3v) is 5.36. The summed E-state index contributed by atoms with van der Waals surface area (Å²) < 4.78 is 5.33. The van der Waals surface area contributed by atoms with Gasteiger partial charge in [0.25, 0.3) is 0 Å². The molecule has 1 heterocycles. The zero-order chi connectivity index (χ0) is 22.9. The summed E-state index contributed by atoms with van der Waals surface area (Å²) in [4.78, 5) is 32.6. The van der Waals surface area contributed by atoms with Gasteiger partial charge in [-0.05, 0) is 38.5 Å². The second-order valence-electron chi connectivity index (χ2n) is 8.50. The zero-order valence-corrected chi connectivity index (χ0v) is 20.3. The lowest BCUT2D eigenvalue weighted by Crippen LogP contribution is -2.50. The maximum atomic E-state index is 12.4. The smallest absolute Gasteiger partial charge is 0.222 e. The molecule has 2 N–H and O–H groups in total. The fraction of sp³-hybridized carbons (Fsp3) is 0.870. The van der Waals surface area contributed by atoms with Crippen molar-refractivity contribution in [1.82, 2.24) is 20.4 Å². The highest BCUT2D eigenvalue weighted by atomic mass is 16.5. The molecule has 1 aliphatic heterocycles. The second kappa shape index (κ2) is 16.8. The molecule has 0 aromatic heterocycles. The summed E-state index contributed by atoms with van der Waals surface area (Å²) in [5, 5.41) is 6.64. The molecule has 8 nitrogen and oxygen atoms in total. The van der Waals surface area contributed by atoms with Crippen molar-refractivity contribution in [2.24, 2.45) is 10.9 Å². The molecule has 0 aromatic carbocycles. The van der Waals surface area contributed by atoms with E-state index < -0.39 is 0 Å². The summed E-state index contributed by atoms with van der Waals surface area (Å²) in [5.74, 6) is 1.64. The summed E-state index contributed by atoms with van der Waals surface area (Å²) in [6, 6.07) is 0. The van der Waals surface area contributed by atoms with E-state index in [4.69, 9.17) is 4.74 Å². The highest BCUT2D eigenvalue weighted by Gasteiger charge is 2.23. The Morgan fingerprint density at radius 2 is 1.48 bits per heavy atom. The van der Waals surface area contributed by atoms with Crippen LogP contribution < -0.4 is 10.6 Å². The summed E-state index contributed by atoms with van der Waals surface area (Å²) in [7, 11) is 1.78. The molecule has 1 rings (SSSR count). The van der Waals surface area contributed by atoms with Crippen LogP contribution in [0, 0.1) is 5.92 Å². The fourth-order valence-corrected chi connectivity index (χ4v) is 3.53. The summed E-state index contributed by atoms with van der Waals surface area (Å²) >= 11 is 0. The second-order valence-corrected chi connectivity index (χ2v) is 8.50. The van der Waals surface area contributed by atoms with Crippen LogP contribution in [0.5, 0.6) is 0 Å². The molecule has 0 unspecified atom stereocenters. The van der Waals surface area contributed by atoms with E-state index >= 15 is 0 Å². The summed E-state index contributed by atoms with van der Waals surface area (Å²) in [5.41, 5.74) is 0. The minimum absolute atomic E-state index is 0.213. The molecule has 31 heavy (non-hydrogen) atoms. The van der Waals surface area contributed by atoms with Gasteiger partial charge in [-0.25, -0.2) is 0 Å². The van der Waals surface area contributed by atoms with E-state index in [1.165, 1.54) is 0 Å². The van der Waals surface area contributed by atoms with Crippen LogP contribution >= 0.6 is 0 Å². The molecule has 1 fully saturated rings. The van der Waals surface area contributed by atoms with Crippen molar-refractivity contribution in [1.29, 1.82) is 0 Å². The molecule has 8 heteroatoms. The first-order valence-corrected chi connectivity index (χ1v) is 12.1. The average molecular weight is 440 g/mol. The molecule has 0 spiro atoms. The van der Waals surface area contributed by atoms with Gasteiger partial charge >= 0.3 is 0 Å². The third-order valence-electron chi connectivity index (χ3n) is 5.36. The number of amides is 2. The highest BCUT2D eigenvalue weighted by molar-refractivity contribution is 5.79. The van der Waals surface area contributed by atoms with Gasteiger partial charge < -0.3 is 25.2 Å². The maximum absolute atomic E-state index is 12.4. The van der Waals surface area contributed by atoms with Gasteiger partial charge in [-0.1, -0.05) is 20.3 Å². The molecule has 1 aliphatic rings. The predicted octanol–water partition coefficient (Wildman–Crippen LogP) is 2.25. The molecule has 1 saturated heterocycles. The Bertz CT molecular complexity index is 531. The molecule has 180 valence electrons. The fourth-order valence-electron chi connectivity index (χ4n) is 3.53. The van der Waals surface area contributed by atoms with E-state index in [-0.39, 0.29) is 11.8 Å². The topological polar surface area (TPSA) is 86.3 Å². The van der Waals surface area contributed by atoms with Gasteiger partial charge in [0.15, 0.2) is 5.96 Å². The van der Waals surface area contributed by atoms with Crippen LogP contribution in [-0.4, -0.2) is 87.1 Å². The van der Waals surface area contributed by atoms with Crippen LogP contribution in [0.25, 0.3) is 0 Å². The van der Waals surface area contributed by atoms with E-state index in [9.17, 15) is 9.59 Å². The van der Waals surface area contributed by atoms with Crippen LogP contribution in [0.15, 0.2) is 4.99 Å². The minimum Gasteiger partial charge on any atom is -0.382 e. The normalized spacial score (nSPS) is 14.8. The number of piperazine rings is 1. The van der Waals surface area contributed by atoms with Gasteiger partial charge in [-0.3, -0.25) is 14.6 Å². The van der Waals surface area contributed by atoms with Crippen LogP contribution in [-0.2, 0) is 14.3 Å². The van der Waals surface area contributed by atoms with Gasteiger partial charge in [0.1, 0.15) is 0 Å². The number of nitrogens with one attached hydrogen (secondary N) is 2. The number of nitrogens with zero attached hydrogens (tertiary/aromatic N) is 3. The number of carbonyl (C=O) groups is 2. The van der Waals surface area contributed by atoms with Crippen LogP contribution in [0.4, 0.5) is 0 Å². The Kier molecular flexibility index (Phi) is 14.8. The maximum Gasteiger partial charge on any atom is 0.222 e. The highest BCUT2D eigenvalue weighted by Crippen LogP contribution is 2.10. The first-order chi connectivity index (χ1) is 15.0. The van der Waals surface area contributed by atoms with Crippen LogP contribution in [0.2, 0.25) is 0 Å². The molecule has 2 amide bonds. The van der Waals surface area contributed by atoms with Crippen molar-refractivity contribution in [2.75, 3.05) is 59.5 Å². The van der Waals surface area contributed by atoms with Crippen molar-refractivity contribution in [3.63, 3.8) is 0 Å². The molecule has 0 aliphatic carbocycles. The van der Waals surface area contributed by atoms with Crippen molar-refractivity contribution in [2.45, 2.75) is 65.7 Å². The van der Waals surface area contributed by atoms with E-state index in [1.807, 2.05) is 16.7 Å². The number of unbranched alkanes of at least 4 members (excludes halogenated alkanes) is 3. The standard InChI is InChI=1S/C23H45N5O3/c1-5-31-18-10-9-13-26-23(24-4)25-12-8-6-7-11-21(29)27-14-16-28(17-15-27)22(30)19-20(2)3/h20H,5-19H2,1-4H3,(H2,24,25,26). The molecule has 0 saturated carbocycles. The Morgan fingerprint density at radius 1 is 0.903 bits per heavy atom. The van der Waals surface area contributed by atoms with Gasteiger partial charge in [-0.15, -0.1) is 0 Å². The third kappa shape index (κ3) is 12.6. The summed E-state index contributed by atoms with van der Waals surface area (Å²) in [6.45, 7) is 12.1. The Morgan fingerprint density at radius 3 is 2.03 bits per heavy atom. The summed E-state index contributed by atoms with van der Waals surface area (Å²) in [6.07, 6.45) is 6.21. The first-order valence-electron chi connectivity index (χ1n) is 12.1. The van der Waals surface area contributed by atoms with E-state index in [0.717, 1.165) is 64.4 Å². The molecule has 0 atom stereocenters. The van der Waals surface area contributed by atoms with Crippen molar-refractivity contribution >= 4 is 17.8 Å². The average Bonchev–Trinajstić information content (AvgIpc) is 2.76. The number of guanidine groups is 1. The van der Waals surface area contributed by atoms with Crippen molar-refractivity contribution in [3.05, 3.63) is 0 Å². The zero-order valence-electron chi connectivity index (χ0n) is 20.3. The molecular formula is C23H45N5O3. The molecule has 0 bridgehead atoms. The first kappa shape index (κ1) is 27.2. The van der Waals surface area contributed by atoms with Crippen LogP contribution in [0.3, 0.4) is 0 Å². The molecule has 0 aromatic rings. The minimum atomic E-state index is 0.213. The van der Waals surface area contributed by atoms with Crippen molar-refractivity contribution < 1.29 is 14.3 Å². The van der Waals surface area contributed by atoms with E-state index in [0.29, 0.717) is 44.9 Å². The lowest BCUT2D eigenvalue weighted by atomic mass is 10.1. The number of ether oxygens (including phenoxy) is 1. The number of aliphatic imine (C=N–C) groups is 1. The SMILES string of the molecule is CCOCCCCNC(=NC)NCCCCCC(=O)N1CCN(C(=O)CC(C)C)CC1. The lowest BCUT2D eigenvalue weighted by Gasteiger charge is -2.35. The quantitative estimate of drug-likeness (QED) is 0.246. The van der Waals surface area contributed by atoms with E-state index in [1.54, 1.807) is 7.05 Å². The number of rotatable bonds is 14. The van der Waals surface area contributed by atoms with Gasteiger partial charge in [0.05, 0.1) is 0 Å². The Hall–Kier alpha value is -1.83. The Balaban J connectivity index is 2.06. The van der Waals surface area contributed by atoms with Gasteiger partial charge in [0, 0.05) is 72.4 Å². The predicted molar refractivity (Wildman–Crippen MR) is 126 cm³/mol. The van der Waals surface area contributed by atoms with Gasteiger partial charge in [-0.2, -0.15) is 0 Å². The Labute approximate surface area is 189 Å². The van der Waals surface area contributed by atoms with Gasteiger partial charge in [0.2, 0.25) is 11.8 Å². The van der Waals surface area contributed by atoms with Crippen LogP contribution in [0.1, 0.15) is 65.7 Å². The molecule has 0 radical (unpaired) electrons. The lowest BCUT2D eigenvalue weighted by molar-refractivity contribution is -0.140. The van der Waals surface area contributed by atoms with E-state index in [2.05, 4.69) is 29.5 Å². The molecular weight excluding hydrogens is 394 g/mol. The monoisotopic (exact) mass is 439 g/mol. The number of hydrogen-bond donors (Lipinski definition) is 2. The van der Waals surface area contributed by atoms with Crippen molar-refractivity contribution in [3.8, 4) is 0 Å². The number of hydrogen-bond acceptors (Lipinski definition) is 4. The largest absolute Gasteiger partial charge is 0.382 e.